The number of benzene rings is 1. The molecule has 0 bridgehead atoms. The minimum absolute atomic E-state index is 0.257. The van der Waals surface area contributed by atoms with Gasteiger partial charge in [0.05, 0.1) is 22.9 Å². The van der Waals surface area contributed by atoms with E-state index in [1.165, 1.54) is 30.3 Å². The lowest BCUT2D eigenvalue weighted by Gasteiger charge is -2.02. The van der Waals surface area contributed by atoms with Crippen LogP contribution in [0.5, 0.6) is 0 Å². The molecule has 0 saturated carbocycles. The standard InChI is InChI=1S/C17H16N4OS/c22-16(14-10-18-11-6-4-5-7-12(11)19-14)21-17-20-13-8-2-1-3-9-15(13)23-17/h4-7,10H,1-3,8-9H2,(H,20,21,22). The number of nitrogens with zero attached hydrogens (tertiary/aromatic N) is 3. The van der Waals surface area contributed by atoms with Crippen molar-refractivity contribution in [1.82, 2.24) is 15.0 Å². The highest BCUT2D eigenvalue weighted by Crippen LogP contribution is 2.29. The highest BCUT2D eigenvalue weighted by Gasteiger charge is 2.17. The second-order valence-corrected chi connectivity index (χ2v) is 6.73. The van der Waals surface area contributed by atoms with E-state index in [0.717, 1.165) is 29.6 Å². The van der Waals surface area contributed by atoms with E-state index in [4.69, 9.17) is 0 Å². The second kappa shape index (κ2) is 6.04. The van der Waals surface area contributed by atoms with E-state index in [0.29, 0.717) is 10.8 Å². The summed E-state index contributed by atoms with van der Waals surface area (Å²) in [5, 5.41) is 3.53. The predicted octanol–water partition coefficient (Wildman–Crippen LogP) is 3.61. The maximum atomic E-state index is 12.4. The summed E-state index contributed by atoms with van der Waals surface area (Å²) in [5.74, 6) is -0.257. The average molecular weight is 324 g/mol. The second-order valence-electron chi connectivity index (χ2n) is 5.65. The Hall–Kier alpha value is -2.34. The van der Waals surface area contributed by atoms with Gasteiger partial charge >= 0.3 is 0 Å². The molecular formula is C17H16N4OS. The highest BCUT2D eigenvalue weighted by atomic mass is 32.1. The zero-order valence-electron chi connectivity index (χ0n) is 12.6. The van der Waals surface area contributed by atoms with E-state index in [1.807, 2.05) is 24.3 Å². The normalized spacial score (nSPS) is 14.3. The number of rotatable bonds is 2. The van der Waals surface area contributed by atoms with E-state index in [-0.39, 0.29) is 5.91 Å². The molecule has 1 N–H and O–H groups in total. The third-order valence-corrected chi connectivity index (χ3v) is 5.07. The number of carbonyl (C=O) groups is 1. The van der Waals surface area contributed by atoms with Crippen LogP contribution in [0, 0.1) is 0 Å². The molecular weight excluding hydrogens is 308 g/mol. The van der Waals surface area contributed by atoms with Gasteiger partial charge in [0.1, 0.15) is 5.69 Å². The molecule has 0 saturated heterocycles. The van der Waals surface area contributed by atoms with Crippen molar-refractivity contribution in [1.29, 1.82) is 0 Å². The Balaban J connectivity index is 1.57. The number of nitrogens with one attached hydrogen (secondary N) is 1. The number of para-hydroxylation sites is 2. The SMILES string of the molecule is O=C(Nc1nc2c(s1)CCCCC2)c1cnc2ccccc2n1. The molecule has 1 aliphatic rings. The number of carbonyl (C=O) groups excluding carboxylic acids is 1. The number of anilines is 1. The molecule has 1 amide bonds. The van der Waals surface area contributed by atoms with Crippen LogP contribution in [0.25, 0.3) is 11.0 Å². The van der Waals surface area contributed by atoms with Gasteiger partial charge in [-0.1, -0.05) is 18.6 Å². The van der Waals surface area contributed by atoms with Gasteiger partial charge in [-0.3, -0.25) is 15.1 Å². The van der Waals surface area contributed by atoms with Gasteiger partial charge in [-0.15, -0.1) is 11.3 Å². The molecule has 4 rings (SSSR count). The number of hydrogen-bond acceptors (Lipinski definition) is 5. The van der Waals surface area contributed by atoms with Gasteiger partial charge in [-0.05, 0) is 37.8 Å². The first-order valence-electron chi connectivity index (χ1n) is 7.81. The zero-order valence-corrected chi connectivity index (χ0v) is 13.4. The first-order chi connectivity index (χ1) is 11.3. The molecule has 0 radical (unpaired) electrons. The van der Waals surface area contributed by atoms with E-state index in [1.54, 1.807) is 11.3 Å². The van der Waals surface area contributed by atoms with Crippen LogP contribution in [0.4, 0.5) is 5.13 Å². The molecule has 0 unspecified atom stereocenters. The van der Waals surface area contributed by atoms with E-state index in [9.17, 15) is 4.79 Å². The van der Waals surface area contributed by atoms with Crippen molar-refractivity contribution in [2.24, 2.45) is 0 Å². The Bertz CT molecular complexity index is 850. The summed E-state index contributed by atoms with van der Waals surface area (Å²) in [6.07, 6.45) is 7.24. The van der Waals surface area contributed by atoms with Crippen molar-refractivity contribution in [2.45, 2.75) is 32.1 Å². The number of fused-ring (bicyclic) bond motifs is 2. The van der Waals surface area contributed by atoms with Crippen molar-refractivity contribution in [3.05, 3.63) is 46.7 Å². The lowest BCUT2D eigenvalue weighted by atomic mass is 10.2. The van der Waals surface area contributed by atoms with Crippen LogP contribution in [0.15, 0.2) is 30.5 Å². The molecule has 0 spiro atoms. The molecule has 5 nitrogen and oxygen atoms in total. The van der Waals surface area contributed by atoms with Crippen molar-refractivity contribution in [2.75, 3.05) is 5.32 Å². The molecule has 3 aromatic rings. The summed E-state index contributed by atoms with van der Waals surface area (Å²) in [7, 11) is 0. The summed E-state index contributed by atoms with van der Waals surface area (Å²) >= 11 is 1.58. The molecule has 1 aromatic carbocycles. The molecule has 0 fully saturated rings. The lowest BCUT2D eigenvalue weighted by molar-refractivity contribution is 0.102. The van der Waals surface area contributed by atoms with Gasteiger partial charge in [0.15, 0.2) is 5.13 Å². The molecule has 1 aliphatic carbocycles. The number of amides is 1. The average Bonchev–Trinajstić information content (AvgIpc) is 2.82. The summed E-state index contributed by atoms with van der Waals surface area (Å²) < 4.78 is 0. The van der Waals surface area contributed by atoms with Crippen LogP contribution in [0.1, 0.15) is 40.3 Å². The van der Waals surface area contributed by atoms with Gasteiger partial charge in [0, 0.05) is 4.88 Å². The molecule has 0 aliphatic heterocycles. The van der Waals surface area contributed by atoms with Crippen LogP contribution >= 0.6 is 11.3 Å². The van der Waals surface area contributed by atoms with Crippen LogP contribution in [0.3, 0.4) is 0 Å². The van der Waals surface area contributed by atoms with Crippen LogP contribution in [0.2, 0.25) is 0 Å². The van der Waals surface area contributed by atoms with Crippen molar-refractivity contribution >= 4 is 33.4 Å². The summed E-state index contributed by atoms with van der Waals surface area (Å²) in [5.41, 5.74) is 2.96. The van der Waals surface area contributed by atoms with Gasteiger partial charge < -0.3 is 0 Å². The zero-order chi connectivity index (χ0) is 15.6. The third kappa shape index (κ3) is 2.94. The fourth-order valence-electron chi connectivity index (χ4n) is 2.81. The maximum Gasteiger partial charge on any atom is 0.277 e. The summed E-state index contributed by atoms with van der Waals surface area (Å²) in [6.45, 7) is 0. The van der Waals surface area contributed by atoms with Crippen molar-refractivity contribution in [3.8, 4) is 0 Å². The summed E-state index contributed by atoms with van der Waals surface area (Å²) in [4.78, 5) is 26.9. The van der Waals surface area contributed by atoms with Crippen molar-refractivity contribution < 1.29 is 4.79 Å². The van der Waals surface area contributed by atoms with Crippen molar-refractivity contribution in [3.63, 3.8) is 0 Å². The lowest BCUT2D eigenvalue weighted by Crippen LogP contribution is -2.14. The topological polar surface area (TPSA) is 67.8 Å². The maximum absolute atomic E-state index is 12.4. The fraction of sp³-hybridized carbons (Fsp3) is 0.294. The van der Waals surface area contributed by atoms with E-state index in [2.05, 4.69) is 20.3 Å². The molecule has 6 heteroatoms. The minimum Gasteiger partial charge on any atom is -0.296 e. The Kier molecular flexibility index (Phi) is 3.75. The number of hydrogen-bond donors (Lipinski definition) is 1. The van der Waals surface area contributed by atoms with Gasteiger partial charge in [0.25, 0.3) is 5.91 Å². The largest absolute Gasteiger partial charge is 0.296 e. The smallest absolute Gasteiger partial charge is 0.277 e. The summed E-state index contributed by atoms with van der Waals surface area (Å²) in [6, 6.07) is 7.52. The van der Waals surface area contributed by atoms with E-state index >= 15 is 0 Å². The van der Waals surface area contributed by atoms with Gasteiger partial charge in [0.2, 0.25) is 0 Å². The molecule has 116 valence electrons. The molecule has 23 heavy (non-hydrogen) atoms. The fourth-order valence-corrected chi connectivity index (χ4v) is 3.85. The third-order valence-electron chi connectivity index (χ3n) is 4.00. The number of thiazole rings is 1. The van der Waals surface area contributed by atoms with Gasteiger partial charge in [-0.2, -0.15) is 0 Å². The van der Waals surface area contributed by atoms with Crippen LogP contribution in [-0.2, 0) is 12.8 Å². The Morgan fingerprint density at radius 2 is 1.87 bits per heavy atom. The Morgan fingerprint density at radius 1 is 1.04 bits per heavy atom. The molecule has 2 heterocycles. The number of aromatic nitrogens is 3. The van der Waals surface area contributed by atoms with Crippen LogP contribution in [-0.4, -0.2) is 20.9 Å². The van der Waals surface area contributed by atoms with E-state index < -0.39 is 0 Å². The Labute approximate surface area is 137 Å². The monoisotopic (exact) mass is 324 g/mol. The first kappa shape index (κ1) is 14.3. The molecule has 2 aromatic heterocycles. The molecule has 0 atom stereocenters. The minimum atomic E-state index is -0.257. The Morgan fingerprint density at radius 3 is 2.78 bits per heavy atom. The quantitative estimate of drug-likeness (QED) is 0.731. The highest BCUT2D eigenvalue weighted by molar-refractivity contribution is 7.15. The first-order valence-corrected chi connectivity index (χ1v) is 8.63. The van der Waals surface area contributed by atoms with Gasteiger partial charge in [-0.25, -0.2) is 9.97 Å². The van der Waals surface area contributed by atoms with Crippen LogP contribution < -0.4 is 5.32 Å². The number of aryl methyl sites for hydroxylation is 2. The predicted molar refractivity (Wildman–Crippen MR) is 90.9 cm³/mol.